The highest BCUT2D eigenvalue weighted by atomic mass is 28.4. The number of alkyl halides is 1. The van der Waals surface area contributed by atoms with Gasteiger partial charge in [-0.05, 0) is 22.3 Å². The van der Waals surface area contributed by atoms with E-state index in [0.29, 0.717) is 5.56 Å². The van der Waals surface area contributed by atoms with E-state index >= 15 is 4.39 Å². The SMILES string of the molecule is Cc1cn([C@H]2C[C@H](F)[C@@H](CO[Si](c3ccccc3)(c3ccccc3)C(C)(C)C)O2)c(=O)[nH]c1=O. The predicted molar refractivity (Wildman–Crippen MR) is 133 cm³/mol. The summed E-state index contributed by atoms with van der Waals surface area (Å²) in [7, 11) is -2.84. The lowest BCUT2D eigenvalue weighted by Crippen LogP contribution is -2.67. The summed E-state index contributed by atoms with van der Waals surface area (Å²) in [6, 6.07) is 20.3. The molecule has 4 rings (SSSR count). The summed E-state index contributed by atoms with van der Waals surface area (Å²) in [5.41, 5.74) is -0.699. The monoisotopic (exact) mass is 482 g/mol. The van der Waals surface area contributed by atoms with Crippen molar-refractivity contribution in [1.82, 2.24) is 9.55 Å². The maximum atomic E-state index is 15.1. The van der Waals surface area contributed by atoms with E-state index in [2.05, 4.69) is 50.0 Å². The Morgan fingerprint density at radius 2 is 1.62 bits per heavy atom. The highest BCUT2D eigenvalue weighted by molar-refractivity contribution is 6.99. The number of rotatable bonds is 6. The number of nitrogens with one attached hydrogen (secondary N) is 1. The normalized spacial score (nSPS) is 21.0. The zero-order valence-electron chi connectivity index (χ0n) is 20.0. The number of H-pyrrole nitrogens is 1. The van der Waals surface area contributed by atoms with E-state index in [1.54, 1.807) is 6.92 Å². The second kappa shape index (κ2) is 9.44. The van der Waals surface area contributed by atoms with Crippen LogP contribution in [0.3, 0.4) is 0 Å². The number of ether oxygens (including phenoxy) is 1. The molecule has 1 aliphatic rings. The van der Waals surface area contributed by atoms with Crippen LogP contribution >= 0.6 is 0 Å². The Balaban J connectivity index is 1.66. The Kier molecular flexibility index (Phi) is 6.75. The molecule has 3 atom stereocenters. The van der Waals surface area contributed by atoms with Crippen molar-refractivity contribution in [2.24, 2.45) is 0 Å². The number of aromatic amines is 1. The van der Waals surface area contributed by atoms with E-state index in [0.717, 1.165) is 10.4 Å². The third-order valence-electron chi connectivity index (χ3n) is 6.50. The molecular weight excluding hydrogens is 451 g/mol. The Hall–Kier alpha value is -2.81. The molecule has 6 nitrogen and oxygen atoms in total. The maximum Gasteiger partial charge on any atom is 0.330 e. The first-order chi connectivity index (χ1) is 16.1. The van der Waals surface area contributed by atoms with Gasteiger partial charge in [-0.2, -0.15) is 0 Å². The first-order valence-electron chi connectivity index (χ1n) is 11.5. The van der Waals surface area contributed by atoms with Crippen LogP contribution in [-0.4, -0.2) is 36.8 Å². The third-order valence-corrected chi connectivity index (χ3v) is 11.5. The van der Waals surface area contributed by atoms with E-state index in [4.69, 9.17) is 9.16 Å². The van der Waals surface area contributed by atoms with Crippen molar-refractivity contribution in [2.45, 2.75) is 57.7 Å². The van der Waals surface area contributed by atoms with Crippen molar-refractivity contribution in [1.29, 1.82) is 0 Å². The van der Waals surface area contributed by atoms with E-state index in [-0.39, 0.29) is 18.1 Å². The van der Waals surface area contributed by atoms with E-state index in [1.807, 2.05) is 36.4 Å². The fourth-order valence-corrected chi connectivity index (χ4v) is 9.35. The van der Waals surface area contributed by atoms with Gasteiger partial charge in [-0.15, -0.1) is 0 Å². The molecule has 3 aromatic rings. The number of hydrogen-bond acceptors (Lipinski definition) is 4. The molecule has 0 unspecified atom stereocenters. The molecule has 1 N–H and O–H groups in total. The second-order valence-corrected chi connectivity index (χ2v) is 14.1. The summed E-state index contributed by atoms with van der Waals surface area (Å²) in [5.74, 6) is 0. The molecule has 0 amide bonds. The lowest BCUT2D eigenvalue weighted by Gasteiger charge is -2.43. The molecule has 0 radical (unpaired) electrons. The van der Waals surface area contributed by atoms with Crippen molar-refractivity contribution in [3.05, 3.63) is 93.3 Å². The fraction of sp³-hybridized carbons (Fsp3) is 0.385. The van der Waals surface area contributed by atoms with Crippen molar-refractivity contribution >= 4 is 18.7 Å². The Labute approximate surface area is 199 Å². The van der Waals surface area contributed by atoms with Crippen LogP contribution in [0.2, 0.25) is 5.04 Å². The number of benzene rings is 2. The molecule has 2 heterocycles. The summed E-state index contributed by atoms with van der Waals surface area (Å²) < 4.78 is 29.2. The van der Waals surface area contributed by atoms with Gasteiger partial charge in [0, 0.05) is 18.2 Å². The minimum absolute atomic E-state index is 0.0141. The number of hydrogen-bond donors (Lipinski definition) is 1. The van der Waals surface area contributed by atoms with Crippen LogP contribution in [0.25, 0.3) is 0 Å². The first-order valence-corrected chi connectivity index (χ1v) is 13.4. The van der Waals surface area contributed by atoms with Gasteiger partial charge < -0.3 is 9.16 Å². The van der Waals surface area contributed by atoms with Crippen LogP contribution in [0.4, 0.5) is 4.39 Å². The average molecular weight is 483 g/mol. The van der Waals surface area contributed by atoms with Gasteiger partial charge in [0.15, 0.2) is 0 Å². The summed E-state index contributed by atoms with van der Waals surface area (Å²) in [4.78, 5) is 26.3. The van der Waals surface area contributed by atoms with Gasteiger partial charge in [0.2, 0.25) is 0 Å². The van der Waals surface area contributed by atoms with E-state index < -0.39 is 38.1 Å². The molecule has 1 aromatic heterocycles. The molecule has 1 saturated heterocycles. The van der Waals surface area contributed by atoms with E-state index in [1.165, 1.54) is 10.8 Å². The van der Waals surface area contributed by atoms with Crippen LogP contribution in [-0.2, 0) is 9.16 Å². The number of aryl methyl sites for hydroxylation is 1. The molecule has 2 aromatic carbocycles. The van der Waals surface area contributed by atoms with Gasteiger partial charge in [-0.3, -0.25) is 14.3 Å². The van der Waals surface area contributed by atoms with Gasteiger partial charge in [-0.1, -0.05) is 81.4 Å². The molecule has 180 valence electrons. The molecule has 0 bridgehead atoms. The molecule has 0 spiro atoms. The molecule has 8 heteroatoms. The summed E-state index contributed by atoms with van der Waals surface area (Å²) >= 11 is 0. The predicted octanol–water partition coefficient (Wildman–Crippen LogP) is 3.05. The van der Waals surface area contributed by atoms with Crippen molar-refractivity contribution in [2.75, 3.05) is 6.61 Å². The molecule has 34 heavy (non-hydrogen) atoms. The first kappa shape index (κ1) is 24.3. The lowest BCUT2D eigenvalue weighted by atomic mass is 10.2. The largest absolute Gasteiger partial charge is 0.405 e. The highest BCUT2D eigenvalue weighted by Gasteiger charge is 2.51. The van der Waals surface area contributed by atoms with Crippen LogP contribution in [0.5, 0.6) is 0 Å². The molecular formula is C26H31FN2O4Si. The topological polar surface area (TPSA) is 73.3 Å². The van der Waals surface area contributed by atoms with Gasteiger partial charge >= 0.3 is 5.69 Å². The zero-order valence-corrected chi connectivity index (χ0v) is 21.0. The Morgan fingerprint density at radius 3 is 2.15 bits per heavy atom. The van der Waals surface area contributed by atoms with Crippen LogP contribution < -0.4 is 21.6 Å². The Bertz CT molecular complexity index is 1200. The molecule has 1 fully saturated rings. The minimum atomic E-state index is -2.84. The highest BCUT2D eigenvalue weighted by Crippen LogP contribution is 2.38. The number of nitrogens with zero attached hydrogens (tertiary/aromatic N) is 1. The van der Waals surface area contributed by atoms with Crippen LogP contribution in [0.15, 0.2) is 76.4 Å². The summed E-state index contributed by atoms with van der Waals surface area (Å²) in [5, 5.41) is 1.96. The van der Waals surface area contributed by atoms with Crippen LogP contribution in [0, 0.1) is 6.92 Å². The third kappa shape index (κ3) is 4.45. The second-order valence-electron chi connectivity index (χ2n) is 9.83. The lowest BCUT2D eigenvalue weighted by molar-refractivity contribution is -0.0324. The maximum absolute atomic E-state index is 15.1. The molecule has 1 aliphatic heterocycles. The Morgan fingerprint density at radius 1 is 1.06 bits per heavy atom. The molecule has 0 aliphatic carbocycles. The molecule has 0 saturated carbocycles. The van der Waals surface area contributed by atoms with E-state index in [9.17, 15) is 9.59 Å². The smallest absolute Gasteiger partial charge is 0.330 e. The number of halogens is 1. The number of aromatic nitrogens is 2. The van der Waals surface area contributed by atoms with Gasteiger partial charge in [0.1, 0.15) is 18.5 Å². The zero-order chi connectivity index (χ0) is 24.5. The van der Waals surface area contributed by atoms with Crippen molar-refractivity contribution < 1.29 is 13.6 Å². The van der Waals surface area contributed by atoms with Gasteiger partial charge in [0.05, 0.1) is 6.61 Å². The van der Waals surface area contributed by atoms with Gasteiger partial charge in [0.25, 0.3) is 13.9 Å². The standard InChI is InChI=1S/C26H31FN2O4Si/c1-18-16-29(25(31)28-24(18)30)23-15-21(27)22(33-23)17-32-34(26(2,3)4,19-11-7-5-8-12-19)20-13-9-6-10-14-20/h5-14,16,21-23H,15,17H2,1-4H3,(H,28,30,31)/t21-,22+,23+/m0/s1. The van der Waals surface area contributed by atoms with Gasteiger partial charge in [-0.25, -0.2) is 9.18 Å². The van der Waals surface area contributed by atoms with Crippen LogP contribution in [0.1, 0.15) is 39.0 Å². The summed E-state index contributed by atoms with van der Waals surface area (Å²) in [6.07, 6.45) is -1.50. The summed E-state index contributed by atoms with van der Waals surface area (Å²) in [6.45, 7) is 8.13. The van der Waals surface area contributed by atoms with Crippen molar-refractivity contribution in [3.8, 4) is 0 Å². The minimum Gasteiger partial charge on any atom is -0.405 e. The van der Waals surface area contributed by atoms with Crippen molar-refractivity contribution in [3.63, 3.8) is 0 Å². The fourth-order valence-electron chi connectivity index (χ4n) is 4.78. The quantitative estimate of drug-likeness (QED) is 0.548. The average Bonchev–Trinajstić information content (AvgIpc) is 3.17.